The zero-order valence-corrected chi connectivity index (χ0v) is 14.5. The van der Waals surface area contributed by atoms with Gasteiger partial charge in [-0.3, -0.25) is 14.9 Å². The standard InChI is InChI=1S/C15H18N4O5S/c1-25(23,24)18-9-7-16(8-10-18)15(20)11-17-6-5-12-13(17)3-2-4-14(12)19(21)22/h2-6H,7-11H2,1H3. The predicted molar refractivity (Wildman–Crippen MR) is 91.6 cm³/mol. The summed E-state index contributed by atoms with van der Waals surface area (Å²) in [6, 6.07) is 6.38. The summed E-state index contributed by atoms with van der Waals surface area (Å²) in [5, 5.41) is 11.6. The molecule has 9 nitrogen and oxygen atoms in total. The van der Waals surface area contributed by atoms with Gasteiger partial charge in [-0.25, -0.2) is 8.42 Å². The van der Waals surface area contributed by atoms with Crippen molar-refractivity contribution in [2.45, 2.75) is 6.54 Å². The van der Waals surface area contributed by atoms with Crippen molar-refractivity contribution in [1.29, 1.82) is 0 Å². The number of carbonyl (C=O) groups is 1. The summed E-state index contributed by atoms with van der Waals surface area (Å²) in [6.07, 6.45) is 2.81. The highest BCUT2D eigenvalue weighted by Gasteiger charge is 2.26. The third-order valence-corrected chi connectivity index (χ3v) is 5.66. The summed E-state index contributed by atoms with van der Waals surface area (Å²) in [5.41, 5.74) is 0.628. The molecule has 0 bridgehead atoms. The van der Waals surface area contributed by atoms with Crippen LogP contribution in [-0.4, -0.2) is 65.5 Å². The van der Waals surface area contributed by atoms with Gasteiger partial charge in [0.15, 0.2) is 0 Å². The first-order valence-electron chi connectivity index (χ1n) is 7.72. The summed E-state index contributed by atoms with van der Waals surface area (Å²) in [5.74, 6) is -0.142. The number of carbonyl (C=O) groups excluding carboxylic acids is 1. The molecule has 1 aromatic heterocycles. The van der Waals surface area contributed by atoms with Gasteiger partial charge in [-0.05, 0) is 12.1 Å². The fourth-order valence-electron chi connectivity index (χ4n) is 3.02. The molecule has 1 aromatic carbocycles. The Hall–Kier alpha value is -2.46. The smallest absolute Gasteiger partial charge is 0.278 e. The maximum absolute atomic E-state index is 12.5. The van der Waals surface area contributed by atoms with E-state index >= 15 is 0 Å². The fourth-order valence-corrected chi connectivity index (χ4v) is 3.85. The number of aromatic nitrogens is 1. The molecular weight excluding hydrogens is 348 g/mol. The van der Waals surface area contributed by atoms with E-state index in [0.29, 0.717) is 24.0 Å². The normalized spacial score (nSPS) is 16.3. The molecule has 2 aromatic rings. The Morgan fingerprint density at radius 1 is 1.20 bits per heavy atom. The van der Waals surface area contributed by atoms with E-state index in [1.807, 2.05) is 0 Å². The Morgan fingerprint density at radius 2 is 1.88 bits per heavy atom. The van der Waals surface area contributed by atoms with Crippen LogP contribution >= 0.6 is 0 Å². The van der Waals surface area contributed by atoms with Crippen molar-refractivity contribution in [2.75, 3.05) is 32.4 Å². The molecule has 1 amide bonds. The summed E-state index contributed by atoms with van der Waals surface area (Å²) >= 11 is 0. The quantitative estimate of drug-likeness (QED) is 0.583. The molecule has 2 heterocycles. The molecule has 0 N–H and O–H groups in total. The molecule has 0 unspecified atom stereocenters. The Labute approximate surface area is 144 Å². The van der Waals surface area contributed by atoms with E-state index in [2.05, 4.69) is 0 Å². The lowest BCUT2D eigenvalue weighted by molar-refractivity contribution is -0.383. The molecule has 10 heteroatoms. The Kier molecular flexibility index (Phi) is 4.48. The zero-order valence-electron chi connectivity index (χ0n) is 13.7. The summed E-state index contributed by atoms with van der Waals surface area (Å²) in [4.78, 5) is 24.7. The highest BCUT2D eigenvalue weighted by atomic mass is 32.2. The Balaban J connectivity index is 1.73. The van der Waals surface area contributed by atoms with Crippen molar-refractivity contribution in [2.24, 2.45) is 0 Å². The lowest BCUT2D eigenvalue weighted by Crippen LogP contribution is -2.50. The molecule has 25 heavy (non-hydrogen) atoms. The molecule has 0 spiro atoms. The topological polar surface area (TPSA) is 106 Å². The summed E-state index contributed by atoms with van der Waals surface area (Å²) in [6.45, 7) is 1.30. The largest absolute Gasteiger partial charge is 0.339 e. The van der Waals surface area contributed by atoms with Gasteiger partial charge in [0.2, 0.25) is 15.9 Å². The van der Waals surface area contributed by atoms with E-state index in [9.17, 15) is 23.3 Å². The highest BCUT2D eigenvalue weighted by molar-refractivity contribution is 7.88. The first kappa shape index (κ1) is 17.4. The van der Waals surface area contributed by atoms with Crippen LogP contribution in [0.1, 0.15) is 0 Å². The molecule has 1 aliphatic heterocycles. The van der Waals surface area contributed by atoms with Crippen LogP contribution in [0.15, 0.2) is 30.5 Å². The van der Waals surface area contributed by atoms with Crippen molar-refractivity contribution >= 4 is 32.5 Å². The van der Waals surface area contributed by atoms with Gasteiger partial charge in [-0.1, -0.05) is 6.07 Å². The number of sulfonamides is 1. The second-order valence-corrected chi connectivity index (χ2v) is 7.94. The van der Waals surface area contributed by atoms with E-state index in [0.717, 1.165) is 6.26 Å². The number of non-ortho nitro benzene ring substituents is 1. The second-order valence-electron chi connectivity index (χ2n) is 5.95. The number of hydrogen-bond donors (Lipinski definition) is 0. The summed E-state index contributed by atoms with van der Waals surface area (Å²) < 4.78 is 26.1. The molecule has 0 atom stereocenters. The number of rotatable bonds is 4. The number of nitro groups is 1. The molecule has 1 aliphatic rings. The van der Waals surface area contributed by atoms with Gasteiger partial charge < -0.3 is 9.47 Å². The molecule has 134 valence electrons. The van der Waals surface area contributed by atoms with Crippen LogP contribution in [0.25, 0.3) is 10.9 Å². The third-order valence-electron chi connectivity index (χ3n) is 4.35. The first-order chi connectivity index (χ1) is 11.8. The predicted octanol–water partition coefficient (Wildman–Crippen LogP) is 0.653. The number of nitrogens with zero attached hydrogens (tertiary/aromatic N) is 4. The number of piperazine rings is 1. The number of nitro benzene ring substituents is 1. The van der Waals surface area contributed by atoms with Crippen molar-refractivity contribution in [3.63, 3.8) is 0 Å². The molecule has 0 radical (unpaired) electrons. The van der Waals surface area contributed by atoms with Gasteiger partial charge in [-0.2, -0.15) is 4.31 Å². The van der Waals surface area contributed by atoms with Crippen LogP contribution in [0, 0.1) is 10.1 Å². The lowest BCUT2D eigenvalue weighted by atomic mass is 10.2. The molecular formula is C15H18N4O5S. The first-order valence-corrected chi connectivity index (χ1v) is 9.57. The maximum atomic E-state index is 12.5. The van der Waals surface area contributed by atoms with Gasteiger partial charge in [0.25, 0.3) is 5.69 Å². The minimum absolute atomic E-state index is 0.00506. The highest BCUT2D eigenvalue weighted by Crippen LogP contribution is 2.26. The molecule has 0 aliphatic carbocycles. The number of benzene rings is 1. The molecule has 0 saturated carbocycles. The number of fused-ring (bicyclic) bond motifs is 1. The van der Waals surface area contributed by atoms with E-state index in [-0.39, 0.29) is 31.2 Å². The average Bonchev–Trinajstić information content (AvgIpc) is 2.97. The lowest BCUT2D eigenvalue weighted by Gasteiger charge is -2.33. The third kappa shape index (κ3) is 3.49. The van der Waals surface area contributed by atoms with Gasteiger partial charge in [0, 0.05) is 38.4 Å². The van der Waals surface area contributed by atoms with Crippen molar-refractivity contribution < 1.29 is 18.1 Å². The van der Waals surface area contributed by atoms with Crippen molar-refractivity contribution in [3.05, 3.63) is 40.6 Å². The van der Waals surface area contributed by atoms with Crippen molar-refractivity contribution in [3.8, 4) is 0 Å². The van der Waals surface area contributed by atoms with Gasteiger partial charge in [0.05, 0.1) is 22.1 Å². The minimum atomic E-state index is -3.24. The van der Waals surface area contributed by atoms with Crippen LogP contribution in [0.3, 0.4) is 0 Å². The van der Waals surface area contributed by atoms with Gasteiger partial charge in [-0.15, -0.1) is 0 Å². The van der Waals surface area contributed by atoms with E-state index < -0.39 is 14.9 Å². The Morgan fingerprint density at radius 3 is 2.48 bits per heavy atom. The number of amides is 1. The van der Waals surface area contributed by atoms with E-state index in [4.69, 9.17) is 0 Å². The monoisotopic (exact) mass is 366 g/mol. The second kappa shape index (κ2) is 6.45. The van der Waals surface area contributed by atoms with Gasteiger partial charge in [0.1, 0.15) is 6.54 Å². The number of hydrogen-bond acceptors (Lipinski definition) is 5. The van der Waals surface area contributed by atoms with Crippen molar-refractivity contribution in [1.82, 2.24) is 13.8 Å². The molecule has 1 saturated heterocycles. The van der Waals surface area contributed by atoms with E-state index in [1.54, 1.807) is 33.9 Å². The van der Waals surface area contributed by atoms with Crippen LogP contribution in [0.5, 0.6) is 0 Å². The van der Waals surface area contributed by atoms with Crippen LogP contribution in [-0.2, 0) is 21.4 Å². The van der Waals surface area contributed by atoms with Crippen LogP contribution < -0.4 is 0 Å². The van der Waals surface area contributed by atoms with E-state index in [1.165, 1.54) is 10.4 Å². The fraction of sp³-hybridized carbons (Fsp3) is 0.400. The SMILES string of the molecule is CS(=O)(=O)N1CCN(C(=O)Cn2ccc3c([N+](=O)[O-])cccc32)CC1. The molecule has 1 fully saturated rings. The van der Waals surface area contributed by atoms with Gasteiger partial charge >= 0.3 is 0 Å². The zero-order chi connectivity index (χ0) is 18.2. The maximum Gasteiger partial charge on any atom is 0.278 e. The summed E-state index contributed by atoms with van der Waals surface area (Å²) in [7, 11) is -3.24. The molecule has 3 rings (SSSR count). The average molecular weight is 366 g/mol. The minimum Gasteiger partial charge on any atom is -0.339 e. The van der Waals surface area contributed by atoms with Crippen LogP contribution in [0.4, 0.5) is 5.69 Å². The van der Waals surface area contributed by atoms with Crippen LogP contribution in [0.2, 0.25) is 0 Å². The Bertz CT molecular complexity index is 929.